The fraction of sp³-hybridized carbons (Fsp3) is 1.00. The number of hydrogen-bond acceptors (Lipinski definition) is 2. The van der Waals surface area contributed by atoms with Gasteiger partial charge in [0.1, 0.15) is 0 Å². The van der Waals surface area contributed by atoms with Crippen LogP contribution < -0.4 is 0 Å². The van der Waals surface area contributed by atoms with E-state index in [0.717, 1.165) is 24.0 Å². The maximum Gasteiger partial charge on any atom is 0.0230 e. The van der Waals surface area contributed by atoms with Crippen LogP contribution in [0.2, 0.25) is 0 Å². The van der Waals surface area contributed by atoms with Gasteiger partial charge in [-0.25, -0.2) is 0 Å². The molecule has 2 fully saturated rings. The van der Waals surface area contributed by atoms with Crippen molar-refractivity contribution in [3.05, 3.63) is 0 Å². The van der Waals surface area contributed by atoms with E-state index in [9.17, 15) is 0 Å². The highest BCUT2D eigenvalue weighted by molar-refractivity contribution is 5.01. The molecule has 2 aliphatic rings. The van der Waals surface area contributed by atoms with Crippen molar-refractivity contribution in [1.29, 1.82) is 0 Å². The van der Waals surface area contributed by atoms with E-state index in [1.807, 2.05) is 0 Å². The summed E-state index contributed by atoms with van der Waals surface area (Å²) in [5.74, 6) is 0.777. The Labute approximate surface area is 114 Å². The zero-order chi connectivity index (χ0) is 13.5. The van der Waals surface area contributed by atoms with E-state index in [4.69, 9.17) is 0 Å². The molecule has 2 saturated heterocycles. The average molecular weight is 252 g/mol. The summed E-state index contributed by atoms with van der Waals surface area (Å²) < 4.78 is 0. The summed E-state index contributed by atoms with van der Waals surface area (Å²) in [6.45, 7) is 16.9. The molecule has 0 N–H and O–H groups in total. The van der Waals surface area contributed by atoms with Crippen molar-refractivity contribution in [1.82, 2.24) is 9.80 Å². The van der Waals surface area contributed by atoms with E-state index in [1.165, 1.54) is 32.4 Å². The van der Waals surface area contributed by atoms with Crippen LogP contribution in [0.25, 0.3) is 0 Å². The Bertz CT molecular complexity index is 271. The second kappa shape index (κ2) is 5.13. The topological polar surface area (TPSA) is 6.48 Å². The van der Waals surface area contributed by atoms with Gasteiger partial charge in [0.2, 0.25) is 0 Å². The summed E-state index contributed by atoms with van der Waals surface area (Å²) in [7, 11) is 0. The summed E-state index contributed by atoms with van der Waals surface area (Å²) in [5, 5.41) is 0. The highest BCUT2D eigenvalue weighted by Crippen LogP contribution is 2.36. The first-order valence-corrected chi connectivity index (χ1v) is 7.89. The number of nitrogens with zero attached hydrogens (tertiary/aromatic N) is 2. The molecule has 2 heterocycles. The van der Waals surface area contributed by atoms with Crippen molar-refractivity contribution in [2.45, 2.75) is 84.5 Å². The standard InChI is InChI=1S/C16H32N2/c1-7-16(5,6)17-10-14-8-9-15(11-17)18(14)13(4)12(2)3/h12-15H,7-11H2,1-6H3/t13-,14?,15?/m1/s1. The van der Waals surface area contributed by atoms with Crippen molar-refractivity contribution in [2.75, 3.05) is 13.1 Å². The molecular weight excluding hydrogens is 220 g/mol. The molecule has 0 radical (unpaired) electrons. The molecule has 2 nitrogen and oxygen atoms in total. The molecule has 106 valence electrons. The largest absolute Gasteiger partial charge is 0.295 e. The van der Waals surface area contributed by atoms with Gasteiger partial charge in [-0.2, -0.15) is 0 Å². The molecule has 18 heavy (non-hydrogen) atoms. The van der Waals surface area contributed by atoms with Gasteiger partial charge in [0, 0.05) is 36.8 Å². The molecule has 0 aromatic carbocycles. The Morgan fingerprint density at radius 3 is 1.94 bits per heavy atom. The number of rotatable bonds is 4. The first-order chi connectivity index (χ1) is 8.36. The lowest BCUT2D eigenvalue weighted by atomic mass is 9.94. The minimum atomic E-state index is 0.383. The van der Waals surface area contributed by atoms with Gasteiger partial charge in [0.05, 0.1) is 0 Å². The lowest BCUT2D eigenvalue weighted by Gasteiger charge is -2.50. The quantitative estimate of drug-likeness (QED) is 0.757. The van der Waals surface area contributed by atoms with Crippen LogP contribution in [0.15, 0.2) is 0 Å². The van der Waals surface area contributed by atoms with E-state index < -0.39 is 0 Å². The zero-order valence-corrected chi connectivity index (χ0v) is 13.2. The highest BCUT2D eigenvalue weighted by atomic mass is 15.4. The first kappa shape index (κ1) is 14.3. The van der Waals surface area contributed by atoms with Gasteiger partial charge in [-0.3, -0.25) is 9.80 Å². The Kier molecular flexibility index (Phi) is 4.08. The normalized spacial score (nSPS) is 32.2. The lowest BCUT2D eigenvalue weighted by Crippen LogP contribution is -2.61. The summed E-state index contributed by atoms with van der Waals surface area (Å²) in [6.07, 6.45) is 4.09. The molecule has 2 bridgehead atoms. The van der Waals surface area contributed by atoms with Gasteiger partial charge in [0.15, 0.2) is 0 Å². The minimum Gasteiger partial charge on any atom is -0.295 e. The Morgan fingerprint density at radius 2 is 1.56 bits per heavy atom. The Morgan fingerprint density at radius 1 is 1.06 bits per heavy atom. The monoisotopic (exact) mass is 252 g/mol. The molecule has 0 aliphatic carbocycles. The average Bonchev–Trinajstić information content (AvgIpc) is 2.57. The van der Waals surface area contributed by atoms with Crippen LogP contribution >= 0.6 is 0 Å². The van der Waals surface area contributed by atoms with Crippen LogP contribution in [-0.2, 0) is 0 Å². The molecule has 2 aliphatic heterocycles. The molecule has 0 amide bonds. The third-order valence-electron chi connectivity index (χ3n) is 5.70. The predicted molar refractivity (Wildman–Crippen MR) is 78.9 cm³/mol. The number of hydrogen-bond donors (Lipinski definition) is 0. The fourth-order valence-electron chi connectivity index (χ4n) is 3.66. The Balaban J connectivity index is 2.08. The van der Waals surface area contributed by atoms with E-state index in [-0.39, 0.29) is 0 Å². The SMILES string of the molecule is CCC(C)(C)N1CC2CCC(C1)N2[C@H](C)C(C)C. The second-order valence-electron chi connectivity index (χ2n) is 7.39. The molecule has 0 saturated carbocycles. The highest BCUT2D eigenvalue weighted by Gasteiger charge is 2.45. The van der Waals surface area contributed by atoms with E-state index in [0.29, 0.717) is 5.54 Å². The van der Waals surface area contributed by atoms with Gasteiger partial charge >= 0.3 is 0 Å². The summed E-state index contributed by atoms with van der Waals surface area (Å²) in [5.41, 5.74) is 0.383. The van der Waals surface area contributed by atoms with Crippen LogP contribution in [-0.4, -0.2) is 46.6 Å². The molecular formula is C16H32N2. The van der Waals surface area contributed by atoms with Crippen molar-refractivity contribution in [2.24, 2.45) is 5.92 Å². The smallest absolute Gasteiger partial charge is 0.0230 e. The van der Waals surface area contributed by atoms with Gasteiger partial charge in [0.25, 0.3) is 0 Å². The minimum absolute atomic E-state index is 0.383. The summed E-state index contributed by atoms with van der Waals surface area (Å²) in [6, 6.07) is 2.37. The van der Waals surface area contributed by atoms with Crippen LogP contribution in [0.1, 0.15) is 60.8 Å². The molecule has 2 heteroatoms. The van der Waals surface area contributed by atoms with Gasteiger partial charge in [-0.15, -0.1) is 0 Å². The van der Waals surface area contributed by atoms with Crippen molar-refractivity contribution < 1.29 is 0 Å². The number of likely N-dealkylation sites (tertiary alicyclic amines) is 1. The number of fused-ring (bicyclic) bond motifs is 2. The van der Waals surface area contributed by atoms with Gasteiger partial charge in [-0.05, 0) is 46.0 Å². The van der Waals surface area contributed by atoms with E-state index in [1.54, 1.807) is 0 Å². The molecule has 0 aromatic rings. The molecule has 2 rings (SSSR count). The predicted octanol–water partition coefficient (Wildman–Crippen LogP) is 3.37. The zero-order valence-electron chi connectivity index (χ0n) is 13.2. The third kappa shape index (κ3) is 2.46. The van der Waals surface area contributed by atoms with Crippen molar-refractivity contribution >= 4 is 0 Å². The lowest BCUT2D eigenvalue weighted by molar-refractivity contribution is -0.0194. The van der Waals surface area contributed by atoms with Crippen LogP contribution in [0.5, 0.6) is 0 Å². The van der Waals surface area contributed by atoms with Gasteiger partial charge < -0.3 is 0 Å². The molecule has 0 aromatic heterocycles. The van der Waals surface area contributed by atoms with Crippen molar-refractivity contribution in [3.8, 4) is 0 Å². The van der Waals surface area contributed by atoms with Crippen LogP contribution in [0.4, 0.5) is 0 Å². The maximum absolute atomic E-state index is 2.84. The van der Waals surface area contributed by atoms with Crippen molar-refractivity contribution in [3.63, 3.8) is 0 Å². The fourth-order valence-corrected chi connectivity index (χ4v) is 3.66. The second-order valence-corrected chi connectivity index (χ2v) is 7.39. The third-order valence-corrected chi connectivity index (χ3v) is 5.70. The molecule has 3 atom stereocenters. The molecule has 2 unspecified atom stereocenters. The van der Waals surface area contributed by atoms with Crippen LogP contribution in [0, 0.1) is 5.92 Å². The molecule has 0 spiro atoms. The van der Waals surface area contributed by atoms with Gasteiger partial charge in [-0.1, -0.05) is 20.8 Å². The van der Waals surface area contributed by atoms with E-state index >= 15 is 0 Å². The first-order valence-electron chi connectivity index (χ1n) is 7.89. The van der Waals surface area contributed by atoms with E-state index in [2.05, 4.69) is 51.3 Å². The summed E-state index contributed by atoms with van der Waals surface area (Å²) >= 11 is 0. The number of piperazine rings is 1. The Hall–Kier alpha value is -0.0800. The maximum atomic E-state index is 2.84. The summed E-state index contributed by atoms with van der Waals surface area (Å²) in [4.78, 5) is 5.59. The van der Waals surface area contributed by atoms with Crippen LogP contribution in [0.3, 0.4) is 0 Å².